The number of hydrogen-bond acceptors (Lipinski definition) is 6. The standard InChI is InChI=1S/C6H10O6S/c7-1-2(8)3(9)4(10)5(11)6(12)13/h1-5,8-11H,(H,12,13)/t2-,3+,4+,5+/m1/s1. The predicted molar refractivity (Wildman–Crippen MR) is 44.1 cm³/mol. The van der Waals surface area contributed by atoms with E-state index in [1.165, 1.54) is 0 Å². The zero-order valence-corrected chi connectivity index (χ0v) is 7.33. The zero-order valence-electron chi connectivity index (χ0n) is 6.44. The third kappa shape index (κ3) is 3.41. The lowest BCUT2D eigenvalue weighted by Gasteiger charge is -2.21. The van der Waals surface area contributed by atoms with E-state index in [1.54, 1.807) is 0 Å². The Balaban J connectivity index is 4.32. The number of carbonyl (C=O) groups excluding carboxylic acids is 2. The second-order valence-corrected chi connectivity index (χ2v) is 2.83. The van der Waals surface area contributed by atoms with E-state index < -0.39 is 29.5 Å². The summed E-state index contributed by atoms with van der Waals surface area (Å²) in [4.78, 5) is 20.3. The van der Waals surface area contributed by atoms with Crippen LogP contribution in [0.1, 0.15) is 0 Å². The van der Waals surface area contributed by atoms with Gasteiger partial charge in [-0.3, -0.25) is 4.79 Å². The maximum absolute atomic E-state index is 10.4. The van der Waals surface area contributed by atoms with Crippen molar-refractivity contribution in [3.8, 4) is 0 Å². The van der Waals surface area contributed by atoms with Crippen LogP contribution >= 0.6 is 12.6 Å². The lowest BCUT2D eigenvalue weighted by molar-refractivity contribution is -0.142. The van der Waals surface area contributed by atoms with Crippen LogP contribution in [-0.4, -0.2) is 56.2 Å². The third-order valence-corrected chi connectivity index (χ3v) is 1.68. The summed E-state index contributed by atoms with van der Waals surface area (Å²) in [7, 11) is 0. The van der Waals surface area contributed by atoms with Crippen LogP contribution in [0.15, 0.2) is 0 Å². The number of rotatable bonds is 5. The Morgan fingerprint density at radius 1 is 1.15 bits per heavy atom. The molecule has 0 aliphatic heterocycles. The maximum atomic E-state index is 10.4. The third-order valence-electron chi connectivity index (χ3n) is 1.42. The monoisotopic (exact) mass is 210 g/mol. The van der Waals surface area contributed by atoms with E-state index in [2.05, 4.69) is 12.6 Å². The lowest BCUT2D eigenvalue weighted by Crippen LogP contribution is -2.47. The molecule has 0 spiro atoms. The van der Waals surface area contributed by atoms with E-state index in [-0.39, 0.29) is 6.29 Å². The van der Waals surface area contributed by atoms with Crippen molar-refractivity contribution >= 4 is 24.0 Å². The van der Waals surface area contributed by atoms with Crippen molar-refractivity contribution in [2.45, 2.75) is 24.4 Å². The average Bonchev–Trinajstić information content (AvgIpc) is 2.12. The second-order valence-electron chi connectivity index (χ2n) is 2.39. The van der Waals surface area contributed by atoms with Crippen LogP contribution in [0.5, 0.6) is 0 Å². The van der Waals surface area contributed by atoms with Crippen molar-refractivity contribution in [3.05, 3.63) is 0 Å². The number of thiol groups is 1. The van der Waals surface area contributed by atoms with E-state index in [0.717, 1.165) is 0 Å². The summed E-state index contributed by atoms with van der Waals surface area (Å²) in [5.41, 5.74) is 0. The largest absolute Gasteiger partial charge is 0.387 e. The molecule has 0 aromatic carbocycles. The van der Waals surface area contributed by atoms with Crippen LogP contribution < -0.4 is 0 Å². The van der Waals surface area contributed by atoms with Gasteiger partial charge in [0.1, 0.15) is 18.3 Å². The number of aliphatic hydroxyl groups is 4. The molecule has 0 unspecified atom stereocenters. The van der Waals surface area contributed by atoms with Crippen LogP contribution in [0.4, 0.5) is 0 Å². The van der Waals surface area contributed by atoms with E-state index in [4.69, 9.17) is 20.4 Å². The van der Waals surface area contributed by atoms with Crippen LogP contribution in [0.25, 0.3) is 0 Å². The quantitative estimate of drug-likeness (QED) is 0.245. The van der Waals surface area contributed by atoms with Crippen LogP contribution in [0.3, 0.4) is 0 Å². The van der Waals surface area contributed by atoms with Crippen molar-refractivity contribution in [2.24, 2.45) is 0 Å². The first-order valence-corrected chi connectivity index (χ1v) is 3.77. The highest BCUT2D eigenvalue weighted by atomic mass is 32.1. The van der Waals surface area contributed by atoms with Gasteiger partial charge in [-0.2, -0.15) is 0 Å². The van der Waals surface area contributed by atoms with Crippen LogP contribution in [0.2, 0.25) is 0 Å². The molecular weight excluding hydrogens is 200 g/mol. The first-order chi connectivity index (χ1) is 5.91. The Kier molecular flexibility index (Phi) is 5.11. The minimum Gasteiger partial charge on any atom is -0.387 e. The minimum absolute atomic E-state index is 0.0242. The minimum atomic E-state index is -1.94. The molecule has 76 valence electrons. The van der Waals surface area contributed by atoms with Gasteiger partial charge in [-0.1, -0.05) is 0 Å². The fourth-order valence-electron chi connectivity index (χ4n) is 0.615. The predicted octanol–water partition coefficient (Wildman–Crippen LogP) is -2.91. The van der Waals surface area contributed by atoms with Crippen LogP contribution in [-0.2, 0) is 9.59 Å². The van der Waals surface area contributed by atoms with Gasteiger partial charge in [0.2, 0.25) is 5.12 Å². The van der Waals surface area contributed by atoms with Gasteiger partial charge in [0.25, 0.3) is 0 Å². The SMILES string of the molecule is O=C[C@@H](O)[C@H](O)[C@H](O)[C@H](O)C(=O)S. The Bertz CT molecular complexity index is 196. The topological polar surface area (TPSA) is 115 Å². The summed E-state index contributed by atoms with van der Waals surface area (Å²) in [6, 6.07) is 0. The van der Waals surface area contributed by atoms with Gasteiger partial charge in [0, 0.05) is 0 Å². The Labute approximate surface area is 79.2 Å². The Morgan fingerprint density at radius 2 is 1.62 bits per heavy atom. The number of carbonyl (C=O) groups is 2. The van der Waals surface area contributed by atoms with Crippen molar-refractivity contribution < 1.29 is 30.0 Å². The molecule has 6 nitrogen and oxygen atoms in total. The molecule has 7 heteroatoms. The van der Waals surface area contributed by atoms with Crippen molar-refractivity contribution in [3.63, 3.8) is 0 Å². The van der Waals surface area contributed by atoms with Crippen molar-refractivity contribution in [1.29, 1.82) is 0 Å². The molecule has 0 aliphatic carbocycles. The van der Waals surface area contributed by atoms with Gasteiger partial charge >= 0.3 is 0 Å². The molecule has 0 saturated heterocycles. The highest BCUT2D eigenvalue weighted by molar-refractivity contribution is 7.96. The Hall–Kier alpha value is -0.470. The highest BCUT2D eigenvalue weighted by Gasteiger charge is 2.32. The molecule has 0 heterocycles. The summed E-state index contributed by atoms with van der Waals surface area (Å²) in [5.74, 6) is 0. The van der Waals surface area contributed by atoms with Gasteiger partial charge in [0.15, 0.2) is 12.4 Å². The first kappa shape index (κ1) is 12.5. The van der Waals surface area contributed by atoms with Gasteiger partial charge in [-0.15, -0.1) is 12.6 Å². The van der Waals surface area contributed by atoms with E-state index >= 15 is 0 Å². The van der Waals surface area contributed by atoms with Crippen molar-refractivity contribution in [2.75, 3.05) is 0 Å². The molecular formula is C6H10O6S. The molecule has 0 aromatic heterocycles. The molecule has 0 radical (unpaired) electrons. The zero-order chi connectivity index (χ0) is 10.6. The number of aldehydes is 1. The van der Waals surface area contributed by atoms with E-state index in [0.29, 0.717) is 0 Å². The average molecular weight is 210 g/mol. The van der Waals surface area contributed by atoms with Gasteiger partial charge in [0.05, 0.1) is 0 Å². The normalized spacial score (nSPS) is 20.1. The molecule has 0 fully saturated rings. The highest BCUT2D eigenvalue weighted by Crippen LogP contribution is 2.06. The number of hydrogen-bond donors (Lipinski definition) is 5. The van der Waals surface area contributed by atoms with E-state index in [9.17, 15) is 9.59 Å². The molecule has 4 N–H and O–H groups in total. The molecule has 0 aliphatic rings. The summed E-state index contributed by atoms with van der Waals surface area (Å²) >= 11 is 3.19. The molecule has 4 atom stereocenters. The first-order valence-electron chi connectivity index (χ1n) is 3.32. The summed E-state index contributed by atoms with van der Waals surface area (Å²) in [6.45, 7) is 0. The molecule has 0 rings (SSSR count). The van der Waals surface area contributed by atoms with Gasteiger partial charge in [-0.25, -0.2) is 0 Å². The fourth-order valence-corrected chi connectivity index (χ4v) is 0.768. The van der Waals surface area contributed by atoms with Crippen LogP contribution in [0, 0.1) is 0 Å². The van der Waals surface area contributed by atoms with Gasteiger partial charge < -0.3 is 25.2 Å². The molecule has 0 amide bonds. The summed E-state index contributed by atoms with van der Waals surface area (Å²) in [5, 5.41) is 34.4. The molecule has 13 heavy (non-hydrogen) atoms. The molecule has 0 saturated carbocycles. The lowest BCUT2D eigenvalue weighted by atomic mass is 10.0. The maximum Gasteiger partial charge on any atom is 0.217 e. The smallest absolute Gasteiger partial charge is 0.217 e. The summed E-state index contributed by atoms with van der Waals surface area (Å²) < 4.78 is 0. The van der Waals surface area contributed by atoms with Gasteiger partial charge in [-0.05, 0) is 0 Å². The second kappa shape index (κ2) is 5.30. The molecule has 0 bridgehead atoms. The fraction of sp³-hybridized carbons (Fsp3) is 0.667. The van der Waals surface area contributed by atoms with Crippen molar-refractivity contribution in [1.82, 2.24) is 0 Å². The molecule has 0 aromatic rings. The summed E-state index contributed by atoms with van der Waals surface area (Å²) in [6.07, 6.45) is -7.66. The number of aliphatic hydroxyl groups excluding tert-OH is 4. The van der Waals surface area contributed by atoms with E-state index in [1.807, 2.05) is 0 Å². The Morgan fingerprint density at radius 3 is 1.92 bits per heavy atom.